The number of ether oxygens (including phenoxy) is 2. The third kappa shape index (κ3) is 8.05. The minimum absolute atomic E-state index is 0. The number of hydrogen-bond acceptors (Lipinski definition) is 5. The highest BCUT2D eigenvalue weighted by atomic mass is 32.2. The standard InChI is InChI=1S/C23H37N3O5S.2CH4/c1-30-20-12-13-22(21(15-20)31-2)32(28,29)26-14-8-9-18(17-26)16-24-23(27)25-19-10-6-4-3-5-7-11-19;;/h12-13,15,18-19H,3-11,14,16-17H2,1-2H3,(H2,24,25,27);2*1H4. The first-order chi connectivity index (χ1) is 15.4. The highest BCUT2D eigenvalue weighted by molar-refractivity contribution is 7.89. The van der Waals surface area contributed by atoms with Gasteiger partial charge in [0.2, 0.25) is 10.0 Å². The number of sulfonamides is 1. The van der Waals surface area contributed by atoms with Crippen LogP contribution in [0.4, 0.5) is 4.79 Å². The van der Waals surface area contributed by atoms with Gasteiger partial charge in [0, 0.05) is 31.7 Å². The first kappa shape index (κ1) is 30.0. The van der Waals surface area contributed by atoms with E-state index in [1.54, 1.807) is 12.1 Å². The van der Waals surface area contributed by atoms with Gasteiger partial charge in [0.25, 0.3) is 0 Å². The quantitative estimate of drug-likeness (QED) is 0.562. The number of piperidine rings is 1. The number of carbonyl (C=O) groups excluding carboxylic acids is 1. The van der Waals surface area contributed by atoms with Gasteiger partial charge in [-0.1, -0.05) is 47.0 Å². The predicted octanol–water partition coefficient (Wildman–Crippen LogP) is 4.79. The summed E-state index contributed by atoms with van der Waals surface area (Å²) in [5.41, 5.74) is 0. The number of hydrogen-bond donors (Lipinski definition) is 2. The van der Waals surface area contributed by atoms with Crippen LogP contribution in [-0.2, 0) is 10.0 Å². The molecule has 1 aromatic rings. The van der Waals surface area contributed by atoms with Crippen molar-refractivity contribution < 1.29 is 22.7 Å². The van der Waals surface area contributed by atoms with E-state index in [4.69, 9.17) is 9.47 Å². The topological polar surface area (TPSA) is 97.0 Å². The zero-order valence-corrected chi connectivity index (χ0v) is 20.1. The van der Waals surface area contributed by atoms with Crippen LogP contribution in [0.5, 0.6) is 11.5 Å². The fourth-order valence-electron chi connectivity index (χ4n) is 4.61. The van der Waals surface area contributed by atoms with Gasteiger partial charge in [-0.15, -0.1) is 0 Å². The zero-order chi connectivity index (χ0) is 23.0. The van der Waals surface area contributed by atoms with Crippen molar-refractivity contribution in [2.75, 3.05) is 33.9 Å². The summed E-state index contributed by atoms with van der Waals surface area (Å²) in [6.45, 7) is 1.30. The van der Waals surface area contributed by atoms with Crippen LogP contribution in [-0.4, -0.2) is 58.6 Å². The average Bonchev–Trinajstić information content (AvgIpc) is 2.79. The number of benzene rings is 1. The molecule has 3 rings (SSSR count). The molecule has 1 unspecified atom stereocenters. The lowest BCUT2D eigenvalue weighted by atomic mass is 9.97. The maximum atomic E-state index is 13.3. The Kier molecular flexibility index (Phi) is 12.7. The number of urea groups is 1. The monoisotopic (exact) mass is 499 g/mol. The summed E-state index contributed by atoms with van der Waals surface area (Å²) in [5.74, 6) is 0.880. The van der Waals surface area contributed by atoms with Gasteiger partial charge in [-0.05, 0) is 43.7 Å². The maximum Gasteiger partial charge on any atom is 0.315 e. The molecular weight excluding hydrogens is 454 g/mol. The number of rotatable bonds is 7. The van der Waals surface area contributed by atoms with Gasteiger partial charge in [0.05, 0.1) is 14.2 Å². The number of nitrogens with one attached hydrogen (secondary N) is 2. The Balaban J connectivity index is 0.00000289. The molecule has 1 aliphatic carbocycles. The summed E-state index contributed by atoms with van der Waals surface area (Å²) >= 11 is 0. The van der Waals surface area contributed by atoms with E-state index in [-0.39, 0.29) is 43.5 Å². The molecule has 0 bridgehead atoms. The van der Waals surface area contributed by atoms with Crippen molar-refractivity contribution in [3.8, 4) is 11.5 Å². The molecule has 34 heavy (non-hydrogen) atoms. The first-order valence-electron chi connectivity index (χ1n) is 11.7. The van der Waals surface area contributed by atoms with E-state index < -0.39 is 10.0 Å². The van der Waals surface area contributed by atoms with E-state index >= 15 is 0 Å². The minimum atomic E-state index is -3.71. The maximum absolute atomic E-state index is 13.3. The summed E-state index contributed by atoms with van der Waals surface area (Å²) in [6.07, 6.45) is 9.81. The molecule has 2 aliphatic rings. The van der Waals surface area contributed by atoms with E-state index in [1.807, 2.05) is 0 Å². The number of nitrogens with zero attached hydrogens (tertiary/aromatic N) is 1. The molecule has 1 aromatic carbocycles. The van der Waals surface area contributed by atoms with E-state index in [0.717, 1.165) is 38.5 Å². The van der Waals surface area contributed by atoms with E-state index in [9.17, 15) is 13.2 Å². The van der Waals surface area contributed by atoms with Crippen LogP contribution in [0.15, 0.2) is 23.1 Å². The smallest absolute Gasteiger partial charge is 0.315 e. The van der Waals surface area contributed by atoms with E-state index in [0.29, 0.717) is 25.4 Å². The lowest BCUT2D eigenvalue weighted by Gasteiger charge is -2.32. The molecule has 196 valence electrons. The fourth-order valence-corrected chi connectivity index (χ4v) is 6.30. The van der Waals surface area contributed by atoms with Gasteiger partial charge in [-0.2, -0.15) is 4.31 Å². The Hall–Kier alpha value is -2.00. The minimum Gasteiger partial charge on any atom is -0.497 e. The third-order valence-corrected chi connectivity index (χ3v) is 8.37. The Morgan fingerprint density at radius 1 is 1.00 bits per heavy atom. The molecular formula is C25H45N3O5S. The molecule has 2 fully saturated rings. The summed E-state index contributed by atoms with van der Waals surface area (Å²) in [6, 6.07) is 4.82. The molecule has 1 aliphatic heterocycles. The van der Waals surface area contributed by atoms with Gasteiger partial charge in [0.15, 0.2) is 0 Å². The van der Waals surface area contributed by atoms with E-state index in [1.165, 1.54) is 43.9 Å². The van der Waals surface area contributed by atoms with Crippen molar-refractivity contribution in [2.45, 2.75) is 83.6 Å². The summed E-state index contributed by atoms with van der Waals surface area (Å²) in [7, 11) is -0.731. The fraction of sp³-hybridized carbons (Fsp3) is 0.720. The normalized spacial score (nSPS) is 20.0. The van der Waals surface area contributed by atoms with Crippen molar-refractivity contribution in [2.24, 2.45) is 5.92 Å². The van der Waals surface area contributed by atoms with E-state index in [2.05, 4.69) is 10.6 Å². The molecule has 0 radical (unpaired) electrons. The SMILES string of the molecule is C.C.COc1ccc(S(=O)(=O)N2CCCC(CNC(=O)NC3CCCCCCC3)C2)c(OC)c1. The van der Waals surface area contributed by atoms with Crippen LogP contribution in [0.25, 0.3) is 0 Å². The molecule has 8 nitrogen and oxygen atoms in total. The van der Waals surface area contributed by atoms with Crippen molar-refractivity contribution in [1.29, 1.82) is 0 Å². The second-order valence-electron chi connectivity index (χ2n) is 8.78. The summed E-state index contributed by atoms with van der Waals surface area (Å²) in [4.78, 5) is 12.5. The van der Waals surface area contributed by atoms with Crippen LogP contribution in [0.1, 0.15) is 72.6 Å². The lowest BCUT2D eigenvalue weighted by Crippen LogP contribution is -2.47. The van der Waals surface area contributed by atoms with Crippen LogP contribution < -0.4 is 20.1 Å². The Labute approximate surface area is 206 Å². The molecule has 0 spiro atoms. The molecule has 1 atom stereocenters. The Bertz CT molecular complexity index is 854. The van der Waals surface area contributed by atoms with Gasteiger partial charge in [-0.3, -0.25) is 0 Å². The number of amides is 2. The van der Waals surface area contributed by atoms with Gasteiger partial charge in [-0.25, -0.2) is 13.2 Å². The van der Waals surface area contributed by atoms with Crippen LogP contribution in [0.3, 0.4) is 0 Å². The molecule has 9 heteroatoms. The third-order valence-electron chi connectivity index (χ3n) is 6.46. The van der Waals surface area contributed by atoms with Gasteiger partial charge >= 0.3 is 6.03 Å². The largest absolute Gasteiger partial charge is 0.497 e. The highest BCUT2D eigenvalue weighted by Gasteiger charge is 2.32. The highest BCUT2D eigenvalue weighted by Crippen LogP contribution is 2.32. The van der Waals surface area contributed by atoms with Crippen molar-refractivity contribution >= 4 is 16.1 Å². The molecule has 1 saturated heterocycles. The zero-order valence-electron chi connectivity index (χ0n) is 19.3. The van der Waals surface area contributed by atoms with Gasteiger partial charge in [0.1, 0.15) is 16.4 Å². The number of carbonyl (C=O) groups is 1. The first-order valence-corrected chi connectivity index (χ1v) is 13.1. The Morgan fingerprint density at radius 3 is 2.32 bits per heavy atom. The second-order valence-corrected chi connectivity index (χ2v) is 10.7. The average molecular weight is 500 g/mol. The second kappa shape index (κ2) is 14.4. The summed E-state index contributed by atoms with van der Waals surface area (Å²) < 4.78 is 38.5. The summed E-state index contributed by atoms with van der Waals surface area (Å²) in [5, 5.41) is 6.08. The van der Waals surface area contributed by atoms with Gasteiger partial charge < -0.3 is 20.1 Å². The van der Waals surface area contributed by atoms with Crippen LogP contribution >= 0.6 is 0 Å². The Morgan fingerprint density at radius 2 is 1.68 bits per heavy atom. The van der Waals surface area contributed by atoms with Crippen molar-refractivity contribution in [3.63, 3.8) is 0 Å². The van der Waals surface area contributed by atoms with Crippen molar-refractivity contribution in [1.82, 2.24) is 14.9 Å². The van der Waals surface area contributed by atoms with Crippen molar-refractivity contribution in [3.05, 3.63) is 18.2 Å². The molecule has 1 saturated carbocycles. The molecule has 1 heterocycles. The molecule has 2 N–H and O–H groups in total. The predicted molar refractivity (Wildman–Crippen MR) is 137 cm³/mol. The van der Waals surface area contributed by atoms with Crippen LogP contribution in [0, 0.1) is 5.92 Å². The molecule has 2 amide bonds. The van der Waals surface area contributed by atoms with Crippen LogP contribution in [0.2, 0.25) is 0 Å². The molecule has 0 aromatic heterocycles. The number of methoxy groups -OCH3 is 2. The lowest BCUT2D eigenvalue weighted by molar-refractivity contribution is 0.224.